The monoisotopic (exact) mass is 445 g/mol. The lowest BCUT2D eigenvalue weighted by Gasteiger charge is -2.31. The minimum atomic E-state index is 0.0454. The van der Waals surface area contributed by atoms with Gasteiger partial charge in [-0.25, -0.2) is 0 Å². The van der Waals surface area contributed by atoms with Gasteiger partial charge in [0.25, 0.3) is 0 Å². The molecule has 0 saturated carbocycles. The van der Waals surface area contributed by atoms with Crippen LogP contribution in [0.2, 0.25) is 0 Å². The zero-order valence-corrected chi connectivity index (χ0v) is 15.1. The molecule has 0 spiro atoms. The van der Waals surface area contributed by atoms with Crippen molar-refractivity contribution in [2.45, 2.75) is 11.8 Å². The molecular weight excluding hydrogens is 434 g/mol. The zero-order valence-electron chi connectivity index (χ0n) is 10.3. The summed E-state index contributed by atoms with van der Waals surface area (Å²) in [4.78, 5) is 4.25. The van der Waals surface area contributed by atoms with Gasteiger partial charge in [-0.15, -0.1) is 0 Å². The van der Waals surface area contributed by atoms with E-state index in [2.05, 4.69) is 89.2 Å². The highest BCUT2D eigenvalue weighted by atomic mass is 79.9. The van der Waals surface area contributed by atoms with Crippen LogP contribution < -0.4 is 0 Å². The van der Waals surface area contributed by atoms with Gasteiger partial charge in [-0.3, -0.25) is 4.98 Å². The quantitative estimate of drug-likeness (QED) is 0.580. The minimum Gasteiger partial charge on any atom is -0.263 e. The first-order valence-electron chi connectivity index (χ1n) is 5.97. The fourth-order valence-corrected chi connectivity index (χ4v) is 4.51. The Morgan fingerprint density at radius 1 is 1.00 bits per heavy atom. The van der Waals surface area contributed by atoms with Gasteiger partial charge in [-0.2, -0.15) is 0 Å². The molecule has 2 rings (SSSR count). The second kappa shape index (κ2) is 7.00. The molecule has 100 valence electrons. The number of halogens is 3. The van der Waals surface area contributed by atoms with E-state index in [0.29, 0.717) is 0 Å². The van der Waals surface area contributed by atoms with Gasteiger partial charge in [0.1, 0.15) is 0 Å². The molecule has 1 aromatic heterocycles. The molecule has 0 radical (unpaired) electrons. The molecule has 0 amide bonds. The predicted octanol–water partition coefficient (Wildman–Crippen LogP) is 5.11. The van der Waals surface area contributed by atoms with Crippen molar-refractivity contribution >= 4 is 47.8 Å². The molecule has 4 heteroatoms. The summed E-state index contributed by atoms with van der Waals surface area (Å²) >= 11 is 10.9. The molecule has 0 N–H and O–H groups in total. The molecule has 0 aliphatic heterocycles. The highest BCUT2D eigenvalue weighted by Gasteiger charge is 2.30. The minimum absolute atomic E-state index is 0.0454. The maximum Gasteiger partial charge on any atom is 0.0410 e. The van der Waals surface area contributed by atoms with Crippen LogP contribution in [0.5, 0.6) is 0 Å². The smallest absolute Gasteiger partial charge is 0.0410 e. The third-order valence-corrected chi connectivity index (χ3v) is 5.78. The molecule has 0 saturated heterocycles. The van der Waals surface area contributed by atoms with Crippen molar-refractivity contribution in [3.05, 3.63) is 64.4 Å². The van der Waals surface area contributed by atoms with Crippen LogP contribution >= 0.6 is 47.8 Å². The average Bonchev–Trinajstić information content (AvgIpc) is 2.46. The van der Waals surface area contributed by atoms with Crippen LogP contribution in [0.3, 0.4) is 0 Å². The van der Waals surface area contributed by atoms with Crippen LogP contribution in [0.25, 0.3) is 0 Å². The van der Waals surface area contributed by atoms with E-state index in [1.54, 1.807) is 0 Å². The molecule has 0 fully saturated rings. The third kappa shape index (κ3) is 3.67. The number of alkyl halides is 2. The standard InChI is InChI=1S/C15H14Br3N/c16-10-15(11-17,13-4-2-1-3-5-13)7-12-6-14(18)9-19-8-12/h1-6,8-9H,7,10-11H2. The van der Waals surface area contributed by atoms with Crippen LogP contribution in [-0.4, -0.2) is 15.6 Å². The summed E-state index contributed by atoms with van der Waals surface area (Å²) in [6.45, 7) is 0. The lowest BCUT2D eigenvalue weighted by atomic mass is 9.79. The summed E-state index contributed by atoms with van der Waals surface area (Å²) in [6, 6.07) is 12.7. The van der Waals surface area contributed by atoms with Gasteiger partial charge in [0, 0.05) is 32.9 Å². The van der Waals surface area contributed by atoms with Crippen molar-refractivity contribution in [3.8, 4) is 0 Å². The molecule has 1 aromatic carbocycles. The fourth-order valence-electron chi connectivity index (χ4n) is 2.12. The summed E-state index contributed by atoms with van der Waals surface area (Å²) in [5.41, 5.74) is 2.62. The Balaban J connectivity index is 2.35. The average molecular weight is 448 g/mol. The Bertz CT molecular complexity index is 524. The first kappa shape index (κ1) is 15.2. The number of hydrogen-bond donors (Lipinski definition) is 0. The van der Waals surface area contributed by atoms with Crippen molar-refractivity contribution in [3.63, 3.8) is 0 Å². The van der Waals surface area contributed by atoms with E-state index in [4.69, 9.17) is 0 Å². The lowest BCUT2D eigenvalue weighted by Crippen LogP contribution is -2.33. The van der Waals surface area contributed by atoms with Gasteiger partial charge < -0.3 is 0 Å². The summed E-state index contributed by atoms with van der Waals surface area (Å²) in [6.07, 6.45) is 4.70. The highest BCUT2D eigenvalue weighted by molar-refractivity contribution is 9.10. The van der Waals surface area contributed by atoms with E-state index in [0.717, 1.165) is 21.6 Å². The fraction of sp³-hybridized carbons (Fsp3) is 0.267. The molecule has 2 aromatic rings. The van der Waals surface area contributed by atoms with E-state index < -0.39 is 0 Å². The summed E-state index contributed by atoms with van der Waals surface area (Å²) in [5, 5.41) is 1.81. The second-order valence-corrected chi connectivity index (χ2v) is 6.64. The molecule has 0 unspecified atom stereocenters. The summed E-state index contributed by atoms with van der Waals surface area (Å²) < 4.78 is 1.02. The van der Waals surface area contributed by atoms with Gasteiger partial charge in [0.2, 0.25) is 0 Å². The topological polar surface area (TPSA) is 12.9 Å². The van der Waals surface area contributed by atoms with Gasteiger partial charge in [0.05, 0.1) is 0 Å². The number of aromatic nitrogens is 1. The number of rotatable bonds is 5. The van der Waals surface area contributed by atoms with Crippen LogP contribution in [0.15, 0.2) is 53.3 Å². The van der Waals surface area contributed by atoms with Crippen LogP contribution in [0, 0.1) is 0 Å². The van der Waals surface area contributed by atoms with Crippen molar-refractivity contribution in [2.75, 3.05) is 10.7 Å². The van der Waals surface area contributed by atoms with Crippen molar-refractivity contribution in [1.29, 1.82) is 0 Å². The van der Waals surface area contributed by atoms with Crippen molar-refractivity contribution in [1.82, 2.24) is 4.98 Å². The maximum absolute atomic E-state index is 4.25. The Morgan fingerprint density at radius 2 is 1.68 bits per heavy atom. The molecule has 1 heterocycles. The highest BCUT2D eigenvalue weighted by Crippen LogP contribution is 2.33. The van der Waals surface area contributed by atoms with Gasteiger partial charge in [0.15, 0.2) is 0 Å². The Morgan fingerprint density at radius 3 is 2.26 bits per heavy atom. The van der Waals surface area contributed by atoms with Crippen LogP contribution in [0.1, 0.15) is 11.1 Å². The number of hydrogen-bond acceptors (Lipinski definition) is 1. The summed E-state index contributed by atoms with van der Waals surface area (Å²) in [7, 11) is 0. The molecule has 0 aliphatic rings. The number of benzene rings is 1. The maximum atomic E-state index is 4.25. The second-order valence-electron chi connectivity index (χ2n) is 4.60. The van der Waals surface area contributed by atoms with E-state index in [1.165, 1.54) is 11.1 Å². The Hall–Kier alpha value is -0.190. The first-order valence-corrected chi connectivity index (χ1v) is 9.01. The van der Waals surface area contributed by atoms with Crippen LogP contribution in [0.4, 0.5) is 0 Å². The number of nitrogens with zero attached hydrogens (tertiary/aromatic N) is 1. The molecule has 1 nitrogen and oxygen atoms in total. The van der Waals surface area contributed by atoms with Gasteiger partial charge in [-0.1, -0.05) is 62.2 Å². The van der Waals surface area contributed by atoms with Crippen LogP contribution in [-0.2, 0) is 11.8 Å². The lowest BCUT2D eigenvalue weighted by molar-refractivity contribution is 0.550. The third-order valence-electron chi connectivity index (χ3n) is 3.20. The predicted molar refractivity (Wildman–Crippen MR) is 91.3 cm³/mol. The summed E-state index contributed by atoms with van der Waals surface area (Å²) in [5.74, 6) is 0. The Labute approximate surface area is 139 Å². The zero-order chi connectivity index (χ0) is 13.7. The molecule has 19 heavy (non-hydrogen) atoms. The SMILES string of the molecule is BrCC(CBr)(Cc1cncc(Br)c1)c1ccccc1. The van der Waals surface area contributed by atoms with E-state index in [-0.39, 0.29) is 5.41 Å². The molecule has 0 bridgehead atoms. The van der Waals surface area contributed by atoms with E-state index in [1.807, 2.05) is 12.4 Å². The number of pyridine rings is 1. The van der Waals surface area contributed by atoms with Crippen molar-refractivity contribution in [2.24, 2.45) is 0 Å². The van der Waals surface area contributed by atoms with Crippen molar-refractivity contribution < 1.29 is 0 Å². The first-order chi connectivity index (χ1) is 9.20. The normalized spacial score (nSPS) is 11.5. The largest absolute Gasteiger partial charge is 0.263 e. The Kier molecular flexibility index (Phi) is 5.60. The van der Waals surface area contributed by atoms with Gasteiger partial charge >= 0.3 is 0 Å². The van der Waals surface area contributed by atoms with E-state index >= 15 is 0 Å². The molecular formula is C15H14Br3N. The van der Waals surface area contributed by atoms with Gasteiger partial charge in [-0.05, 0) is 39.5 Å². The van der Waals surface area contributed by atoms with E-state index in [9.17, 15) is 0 Å². The molecule has 0 atom stereocenters. The molecule has 0 aliphatic carbocycles.